The van der Waals surface area contributed by atoms with Crippen molar-refractivity contribution in [2.24, 2.45) is 23.5 Å². The molecule has 3 unspecified atom stereocenters. The number of nitrogens with two attached hydrogens (primary N) is 1. The van der Waals surface area contributed by atoms with Crippen molar-refractivity contribution in [3.8, 4) is 0 Å². The molecule has 3 aliphatic rings. The summed E-state index contributed by atoms with van der Waals surface area (Å²) in [6.07, 6.45) is 11.1. The van der Waals surface area contributed by atoms with Gasteiger partial charge in [-0.2, -0.15) is 0 Å². The molecule has 114 valence electrons. The van der Waals surface area contributed by atoms with Crippen LogP contribution in [-0.2, 0) is 4.79 Å². The van der Waals surface area contributed by atoms with E-state index >= 15 is 0 Å². The highest BCUT2D eigenvalue weighted by atomic mass is 16.2. The number of carbonyl (C=O) groups excluding carboxylic acids is 1. The molecule has 3 fully saturated rings. The fourth-order valence-electron chi connectivity index (χ4n) is 4.84. The average Bonchev–Trinajstić information content (AvgIpc) is 2.49. The number of fused-ring (bicyclic) bond motifs is 1. The van der Waals surface area contributed by atoms with E-state index in [0.717, 1.165) is 18.9 Å². The minimum atomic E-state index is 0.0835. The molecule has 1 heterocycles. The maximum absolute atomic E-state index is 13.0. The number of amides is 1. The molecule has 2 saturated carbocycles. The summed E-state index contributed by atoms with van der Waals surface area (Å²) in [4.78, 5) is 15.3. The molecule has 2 aliphatic carbocycles. The first kappa shape index (κ1) is 14.4. The minimum absolute atomic E-state index is 0.0835. The first-order valence-corrected chi connectivity index (χ1v) is 8.74. The Morgan fingerprint density at radius 3 is 2.60 bits per heavy atom. The molecule has 0 spiro atoms. The maximum atomic E-state index is 13.0. The van der Waals surface area contributed by atoms with Crippen molar-refractivity contribution in [3.05, 3.63) is 0 Å². The molecular formula is C17H30N2O. The number of rotatable bonds is 1. The summed E-state index contributed by atoms with van der Waals surface area (Å²) >= 11 is 0. The molecule has 20 heavy (non-hydrogen) atoms. The summed E-state index contributed by atoms with van der Waals surface area (Å²) in [6, 6.07) is 0.620. The molecule has 5 atom stereocenters. The lowest BCUT2D eigenvalue weighted by molar-refractivity contribution is -0.144. The Hall–Kier alpha value is -0.570. The summed E-state index contributed by atoms with van der Waals surface area (Å²) < 4.78 is 0. The molecule has 0 aromatic heterocycles. The fraction of sp³-hybridized carbons (Fsp3) is 0.941. The third kappa shape index (κ3) is 2.61. The van der Waals surface area contributed by atoms with E-state index in [-0.39, 0.29) is 12.0 Å². The van der Waals surface area contributed by atoms with E-state index in [1.165, 1.54) is 51.4 Å². The second-order valence-corrected chi connectivity index (χ2v) is 7.38. The highest BCUT2D eigenvalue weighted by Crippen LogP contribution is 2.37. The molecule has 0 aromatic carbocycles. The molecule has 2 N–H and O–H groups in total. The Balaban J connectivity index is 1.71. The van der Waals surface area contributed by atoms with Crippen LogP contribution >= 0.6 is 0 Å². The zero-order valence-corrected chi connectivity index (χ0v) is 12.9. The summed E-state index contributed by atoms with van der Waals surface area (Å²) in [6.45, 7) is 3.20. The molecule has 3 rings (SSSR count). The van der Waals surface area contributed by atoms with E-state index in [9.17, 15) is 4.79 Å². The van der Waals surface area contributed by atoms with Crippen molar-refractivity contribution < 1.29 is 4.79 Å². The van der Waals surface area contributed by atoms with Gasteiger partial charge in [-0.15, -0.1) is 0 Å². The highest BCUT2D eigenvalue weighted by molar-refractivity contribution is 5.80. The van der Waals surface area contributed by atoms with Crippen LogP contribution < -0.4 is 5.73 Å². The lowest BCUT2D eigenvalue weighted by atomic mass is 9.75. The molecular weight excluding hydrogens is 248 g/mol. The monoisotopic (exact) mass is 278 g/mol. The Kier molecular flexibility index (Phi) is 4.34. The van der Waals surface area contributed by atoms with Crippen LogP contribution in [0.2, 0.25) is 0 Å². The number of carbonyl (C=O) groups is 1. The lowest BCUT2D eigenvalue weighted by Gasteiger charge is -2.46. The molecule has 1 aliphatic heterocycles. The molecule has 3 nitrogen and oxygen atoms in total. The van der Waals surface area contributed by atoms with Crippen LogP contribution in [0.3, 0.4) is 0 Å². The predicted molar refractivity (Wildman–Crippen MR) is 81.2 cm³/mol. The largest absolute Gasteiger partial charge is 0.339 e. The Bertz CT molecular complexity index is 355. The summed E-state index contributed by atoms with van der Waals surface area (Å²) in [5.41, 5.74) is 6.35. The summed E-state index contributed by atoms with van der Waals surface area (Å²) in [5, 5.41) is 0. The van der Waals surface area contributed by atoms with Crippen molar-refractivity contribution >= 4 is 5.91 Å². The minimum Gasteiger partial charge on any atom is -0.339 e. The zero-order chi connectivity index (χ0) is 14.1. The van der Waals surface area contributed by atoms with Gasteiger partial charge in [0.2, 0.25) is 5.91 Å². The third-order valence-electron chi connectivity index (χ3n) is 6.14. The van der Waals surface area contributed by atoms with Gasteiger partial charge in [0.25, 0.3) is 0 Å². The van der Waals surface area contributed by atoms with Gasteiger partial charge in [-0.25, -0.2) is 0 Å². The van der Waals surface area contributed by atoms with Crippen molar-refractivity contribution in [1.82, 2.24) is 4.90 Å². The number of piperidine rings is 1. The average molecular weight is 278 g/mol. The van der Waals surface area contributed by atoms with Crippen LogP contribution in [0.1, 0.15) is 64.7 Å². The zero-order valence-electron chi connectivity index (χ0n) is 12.9. The predicted octanol–water partition coefficient (Wildman–Crippen LogP) is 2.93. The van der Waals surface area contributed by atoms with E-state index in [1.807, 2.05) is 0 Å². The van der Waals surface area contributed by atoms with Crippen LogP contribution in [0.25, 0.3) is 0 Å². The maximum Gasteiger partial charge on any atom is 0.227 e. The van der Waals surface area contributed by atoms with E-state index in [2.05, 4.69) is 11.8 Å². The van der Waals surface area contributed by atoms with Gasteiger partial charge in [-0.3, -0.25) is 4.79 Å². The van der Waals surface area contributed by atoms with Gasteiger partial charge in [-0.1, -0.05) is 26.2 Å². The second kappa shape index (κ2) is 6.05. The van der Waals surface area contributed by atoms with Crippen LogP contribution in [0.5, 0.6) is 0 Å². The van der Waals surface area contributed by atoms with Gasteiger partial charge in [0.05, 0.1) is 5.92 Å². The Morgan fingerprint density at radius 2 is 1.75 bits per heavy atom. The Morgan fingerprint density at radius 1 is 1.00 bits per heavy atom. The normalized spacial score (nSPS) is 42.1. The number of hydrogen-bond donors (Lipinski definition) is 1. The van der Waals surface area contributed by atoms with Crippen molar-refractivity contribution in [2.45, 2.75) is 76.8 Å². The van der Waals surface area contributed by atoms with Crippen LogP contribution in [0, 0.1) is 17.8 Å². The van der Waals surface area contributed by atoms with Gasteiger partial charge in [0, 0.05) is 18.6 Å². The van der Waals surface area contributed by atoms with E-state index in [4.69, 9.17) is 5.73 Å². The van der Waals surface area contributed by atoms with Crippen molar-refractivity contribution in [2.75, 3.05) is 6.54 Å². The third-order valence-corrected chi connectivity index (χ3v) is 6.14. The van der Waals surface area contributed by atoms with E-state index in [0.29, 0.717) is 17.9 Å². The second-order valence-electron chi connectivity index (χ2n) is 7.38. The van der Waals surface area contributed by atoms with Gasteiger partial charge in [0.15, 0.2) is 0 Å². The summed E-state index contributed by atoms with van der Waals surface area (Å²) in [5.74, 6) is 1.77. The fourth-order valence-corrected chi connectivity index (χ4v) is 4.84. The topological polar surface area (TPSA) is 46.3 Å². The lowest BCUT2D eigenvalue weighted by Crippen LogP contribution is -2.55. The van der Waals surface area contributed by atoms with Gasteiger partial charge in [0.1, 0.15) is 0 Å². The van der Waals surface area contributed by atoms with Crippen LogP contribution in [-0.4, -0.2) is 29.4 Å². The van der Waals surface area contributed by atoms with Crippen LogP contribution in [0.15, 0.2) is 0 Å². The number of nitrogens with zero attached hydrogens (tertiary/aromatic N) is 1. The molecule has 1 saturated heterocycles. The SMILES string of the molecule is CC1CCCC(C(=O)N2CCC[C@H]3CCCC[C@H]32)C1N. The van der Waals surface area contributed by atoms with Crippen molar-refractivity contribution in [3.63, 3.8) is 0 Å². The molecule has 0 bridgehead atoms. The molecule has 3 heteroatoms. The van der Waals surface area contributed by atoms with Gasteiger partial charge < -0.3 is 10.6 Å². The summed E-state index contributed by atoms with van der Waals surface area (Å²) in [7, 11) is 0. The molecule has 1 amide bonds. The quantitative estimate of drug-likeness (QED) is 0.801. The van der Waals surface area contributed by atoms with E-state index in [1.54, 1.807) is 0 Å². The Labute approximate surface area is 123 Å². The number of likely N-dealkylation sites (tertiary alicyclic amines) is 1. The standard InChI is InChI=1S/C17H30N2O/c1-12-6-4-9-14(16(12)18)17(20)19-11-5-8-13-7-2-3-10-15(13)19/h12-16H,2-11,18H2,1H3/t12?,13-,14?,15-,16?/m1/s1. The van der Waals surface area contributed by atoms with Crippen molar-refractivity contribution in [1.29, 1.82) is 0 Å². The molecule has 0 radical (unpaired) electrons. The van der Waals surface area contributed by atoms with Gasteiger partial charge >= 0.3 is 0 Å². The smallest absolute Gasteiger partial charge is 0.227 e. The van der Waals surface area contributed by atoms with Crippen LogP contribution in [0.4, 0.5) is 0 Å². The van der Waals surface area contributed by atoms with Gasteiger partial charge in [-0.05, 0) is 50.4 Å². The first-order valence-electron chi connectivity index (χ1n) is 8.74. The number of hydrogen-bond acceptors (Lipinski definition) is 2. The van der Waals surface area contributed by atoms with E-state index < -0.39 is 0 Å². The first-order chi connectivity index (χ1) is 9.68. The molecule has 0 aromatic rings. The highest BCUT2D eigenvalue weighted by Gasteiger charge is 2.41.